The zero-order valence-electron chi connectivity index (χ0n) is 14.4. The Balaban J connectivity index is 1.98. The average Bonchev–Trinajstić information content (AvgIpc) is 2.47. The third-order valence-electron chi connectivity index (χ3n) is 6.23. The van der Waals surface area contributed by atoms with Crippen LogP contribution in [0.2, 0.25) is 0 Å². The highest BCUT2D eigenvalue weighted by molar-refractivity contribution is 4.97. The highest BCUT2D eigenvalue weighted by Crippen LogP contribution is 2.43. The first kappa shape index (κ1) is 16.8. The van der Waals surface area contributed by atoms with Crippen molar-refractivity contribution in [3.8, 4) is 6.07 Å². The molecule has 0 aliphatic heterocycles. The van der Waals surface area contributed by atoms with E-state index in [1.165, 1.54) is 38.5 Å². The summed E-state index contributed by atoms with van der Waals surface area (Å²) < 4.78 is 6.45. The lowest BCUT2D eigenvalue weighted by Gasteiger charge is -2.42. The fourth-order valence-electron chi connectivity index (χ4n) is 4.17. The highest BCUT2D eigenvalue weighted by Gasteiger charge is 2.39. The monoisotopic (exact) mass is 291 g/mol. The molecule has 2 aliphatic carbocycles. The van der Waals surface area contributed by atoms with E-state index in [-0.39, 0.29) is 12.0 Å². The lowest BCUT2D eigenvalue weighted by Crippen LogP contribution is -2.39. The van der Waals surface area contributed by atoms with E-state index in [1.54, 1.807) is 0 Å². The fraction of sp³-hybridized carbons (Fsp3) is 0.947. The van der Waals surface area contributed by atoms with Crippen molar-refractivity contribution in [1.82, 2.24) is 0 Å². The Morgan fingerprint density at radius 1 is 1.14 bits per heavy atom. The number of nitriles is 1. The minimum Gasteiger partial charge on any atom is -0.374 e. The summed E-state index contributed by atoms with van der Waals surface area (Å²) in [5.41, 5.74) is 0.377. The molecule has 2 fully saturated rings. The number of ether oxygens (including phenoxy) is 1. The molecule has 0 amide bonds. The van der Waals surface area contributed by atoms with E-state index in [0.29, 0.717) is 17.4 Å². The van der Waals surface area contributed by atoms with Gasteiger partial charge in [-0.05, 0) is 49.4 Å². The maximum absolute atomic E-state index is 9.46. The minimum absolute atomic E-state index is 0.117. The van der Waals surface area contributed by atoms with Crippen LogP contribution in [0.15, 0.2) is 0 Å². The van der Waals surface area contributed by atoms with Crippen molar-refractivity contribution in [2.24, 2.45) is 23.2 Å². The van der Waals surface area contributed by atoms with Gasteiger partial charge in [0.25, 0.3) is 0 Å². The van der Waals surface area contributed by atoms with Crippen molar-refractivity contribution in [3.63, 3.8) is 0 Å². The Hall–Kier alpha value is -0.550. The summed E-state index contributed by atoms with van der Waals surface area (Å²) in [6.07, 6.45) is 10.1. The molecule has 0 saturated heterocycles. The zero-order chi connectivity index (χ0) is 15.5. The maximum atomic E-state index is 9.46. The van der Waals surface area contributed by atoms with Crippen molar-refractivity contribution in [2.75, 3.05) is 0 Å². The molecule has 5 unspecified atom stereocenters. The molecular weight excluding hydrogens is 258 g/mol. The van der Waals surface area contributed by atoms with Crippen molar-refractivity contribution in [3.05, 3.63) is 0 Å². The summed E-state index contributed by atoms with van der Waals surface area (Å²) in [5, 5.41) is 9.46. The molecule has 0 aromatic heterocycles. The molecule has 0 heterocycles. The normalized spacial score (nSPS) is 38.0. The van der Waals surface area contributed by atoms with Crippen molar-refractivity contribution in [2.45, 2.75) is 91.3 Å². The summed E-state index contributed by atoms with van der Waals surface area (Å²) in [5.74, 6) is 1.61. The van der Waals surface area contributed by atoms with Crippen LogP contribution in [0.3, 0.4) is 0 Å². The Morgan fingerprint density at radius 2 is 1.90 bits per heavy atom. The summed E-state index contributed by atoms with van der Waals surface area (Å²) in [6, 6.07) is 2.52. The number of hydrogen-bond acceptors (Lipinski definition) is 2. The zero-order valence-corrected chi connectivity index (χ0v) is 14.4. The highest BCUT2D eigenvalue weighted by atomic mass is 16.5. The topological polar surface area (TPSA) is 33.0 Å². The van der Waals surface area contributed by atoms with Gasteiger partial charge in [0.1, 0.15) is 0 Å². The van der Waals surface area contributed by atoms with Gasteiger partial charge in [-0.1, -0.05) is 47.0 Å². The molecular formula is C19H33NO. The van der Waals surface area contributed by atoms with Crippen molar-refractivity contribution >= 4 is 0 Å². The Kier molecular flexibility index (Phi) is 5.72. The summed E-state index contributed by atoms with van der Waals surface area (Å²) in [6.45, 7) is 9.38. The van der Waals surface area contributed by atoms with Gasteiger partial charge >= 0.3 is 0 Å². The lowest BCUT2D eigenvalue weighted by molar-refractivity contribution is -0.0878. The van der Waals surface area contributed by atoms with Crippen molar-refractivity contribution < 1.29 is 4.74 Å². The first-order chi connectivity index (χ1) is 9.96. The largest absolute Gasteiger partial charge is 0.374 e. The van der Waals surface area contributed by atoms with Gasteiger partial charge in [-0.3, -0.25) is 0 Å². The molecule has 2 aliphatic rings. The van der Waals surface area contributed by atoms with E-state index in [2.05, 4.69) is 33.8 Å². The van der Waals surface area contributed by atoms with Crippen LogP contribution in [0.25, 0.3) is 0 Å². The van der Waals surface area contributed by atoms with E-state index in [0.717, 1.165) is 18.8 Å². The van der Waals surface area contributed by atoms with Gasteiger partial charge in [0.2, 0.25) is 0 Å². The molecule has 5 atom stereocenters. The number of rotatable bonds is 4. The quantitative estimate of drug-likeness (QED) is 0.701. The second kappa shape index (κ2) is 7.14. The molecule has 21 heavy (non-hydrogen) atoms. The summed E-state index contributed by atoms with van der Waals surface area (Å²) in [7, 11) is 0. The smallest absolute Gasteiger partial charge is 0.0739 e. The maximum Gasteiger partial charge on any atom is 0.0739 e. The predicted octanol–water partition coefficient (Wildman–Crippen LogP) is 5.33. The van der Waals surface area contributed by atoms with Crippen LogP contribution >= 0.6 is 0 Å². The minimum atomic E-state index is 0.117. The first-order valence-corrected chi connectivity index (χ1v) is 9.01. The van der Waals surface area contributed by atoms with Crippen LogP contribution in [0.5, 0.6) is 0 Å². The third-order valence-corrected chi connectivity index (χ3v) is 6.23. The Morgan fingerprint density at radius 3 is 2.52 bits per heavy atom. The molecule has 0 aromatic carbocycles. The van der Waals surface area contributed by atoms with Crippen LogP contribution in [-0.2, 0) is 4.74 Å². The molecule has 2 heteroatoms. The van der Waals surface area contributed by atoms with Gasteiger partial charge in [0.15, 0.2) is 0 Å². The van der Waals surface area contributed by atoms with Gasteiger partial charge in [0.05, 0.1) is 24.2 Å². The fourth-order valence-corrected chi connectivity index (χ4v) is 4.17. The molecule has 0 spiro atoms. The molecule has 2 rings (SSSR count). The molecule has 120 valence electrons. The second-order valence-electron chi connectivity index (χ2n) is 8.16. The van der Waals surface area contributed by atoms with E-state index in [4.69, 9.17) is 4.74 Å². The van der Waals surface area contributed by atoms with Crippen LogP contribution in [0, 0.1) is 34.5 Å². The van der Waals surface area contributed by atoms with Crippen LogP contribution < -0.4 is 0 Å². The number of hydrogen-bond donors (Lipinski definition) is 0. The van der Waals surface area contributed by atoms with E-state index >= 15 is 0 Å². The molecule has 0 aromatic rings. The lowest BCUT2D eigenvalue weighted by atomic mass is 9.67. The molecule has 2 nitrogen and oxygen atoms in total. The average molecular weight is 291 g/mol. The number of nitrogens with zero attached hydrogens (tertiary/aromatic N) is 1. The van der Waals surface area contributed by atoms with Crippen molar-refractivity contribution in [1.29, 1.82) is 5.26 Å². The van der Waals surface area contributed by atoms with E-state index < -0.39 is 0 Å². The van der Waals surface area contributed by atoms with Crippen LogP contribution in [-0.4, -0.2) is 12.2 Å². The SMILES string of the molecule is CCC(C)(C)C1CCC(C#N)C(OC2CCCC(C)C2)C1. The second-order valence-corrected chi connectivity index (χ2v) is 8.16. The van der Waals surface area contributed by atoms with E-state index in [1.807, 2.05) is 0 Å². The predicted molar refractivity (Wildman–Crippen MR) is 86.8 cm³/mol. The van der Waals surface area contributed by atoms with Gasteiger partial charge < -0.3 is 4.74 Å². The summed E-state index contributed by atoms with van der Waals surface area (Å²) in [4.78, 5) is 0. The molecule has 0 radical (unpaired) electrons. The van der Waals surface area contributed by atoms with Crippen LogP contribution in [0.4, 0.5) is 0 Å². The van der Waals surface area contributed by atoms with Gasteiger partial charge in [-0.25, -0.2) is 0 Å². The summed E-state index contributed by atoms with van der Waals surface area (Å²) >= 11 is 0. The third kappa shape index (κ3) is 4.22. The first-order valence-electron chi connectivity index (χ1n) is 9.01. The van der Waals surface area contributed by atoms with E-state index in [9.17, 15) is 5.26 Å². The van der Waals surface area contributed by atoms with Gasteiger partial charge in [0, 0.05) is 0 Å². The molecule has 2 saturated carbocycles. The molecule has 0 bridgehead atoms. The standard InChI is InChI=1S/C19H33NO/c1-5-19(3,4)16-10-9-15(13-20)18(12-16)21-17-8-6-7-14(2)11-17/h14-18H,5-12H2,1-4H3. The Labute approximate surface area is 131 Å². The van der Waals surface area contributed by atoms with Gasteiger partial charge in [-0.2, -0.15) is 5.26 Å². The Bertz CT molecular complexity index is 370. The van der Waals surface area contributed by atoms with Crippen LogP contribution in [0.1, 0.15) is 79.1 Å². The molecule has 0 N–H and O–H groups in total. The van der Waals surface area contributed by atoms with Gasteiger partial charge in [-0.15, -0.1) is 0 Å².